The average molecular weight is 346 g/mol. The van der Waals surface area contributed by atoms with E-state index in [9.17, 15) is 0 Å². The van der Waals surface area contributed by atoms with E-state index >= 15 is 0 Å². The zero-order valence-corrected chi connectivity index (χ0v) is 13.8. The summed E-state index contributed by atoms with van der Waals surface area (Å²) in [4.78, 5) is 0. The summed E-state index contributed by atoms with van der Waals surface area (Å²) in [6.45, 7) is 6.62. The van der Waals surface area contributed by atoms with Crippen LogP contribution in [0, 0.1) is 0 Å². The Kier molecular flexibility index (Phi) is 8.85. The van der Waals surface area contributed by atoms with Gasteiger partial charge in [-0.3, -0.25) is 0 Å². The van der Waals surface area contributed by atoms with Crippen molar-refractivity contribution in [3.8, 4) is 5.75 Å². The fourth-order valence-corrected chi connectivity index (χ4v) is 2.22. The van der Waals surface area contributed by atoms with Crippen molar-refractivity contribution in [2.45, 2.75) is 26.3 Å². The Morgan fingerprint density at radius 3 is 2.80 bits per heavy atom. The number of aliphatic hydroxyl groups excluding tert-OH is 1. The minimum atomic E-state index is 0.0432. The van der Waals surface area contributed by atoms with Crippen molar-refractivity contribution in [3.05, 3.63) is 28.2 Å². The minimum absolute atomic E-state index is 0.0432. The Labute approximate surface area is 129 Å². The van der Waals surface area contributed by atoms with Crippen LogP contribution in [0.25, 0.3) is 0 Å². The molecule has 2 N–H and O–H groups in total. The fraction of sp³-hybridized carbons (Fsp3) is 0.600. The molecule has 4 nitrogen and oxygen atoms in total. The smallest absolute Gasteiger partial charge is 0.124 e. The quantitative estimate of drug-likeness (QED) is 0.640. The monoisotopic (exact) mass is 345 g/mol. The van der Waals surface area contributed by atoms with Gasteiger partial charge in [0.2, 0.25) is 0 Å². The molecular weight excluding hydrogens is 322 g/mol. The van der Waals surface area contributed by atoms with E-state index in [1.54, 1.807) is 0 Å². The largest absolute Gasteiger partial charge is 0.491 e. The molecule has 0 saturated heterocycles. The molecule has 20 heavy (non-hydrogen) atoms. The van der Waals surface area contributed by atoms with Crippen LogP contribution in [-0.2, 0) is 4.74 Å². The van der Waals surface area contributed by atoms with Gasteiger partial charge in [0.25, 0.3) is 0 Å². The summed E-state index contributed by atoms with van der Waals surface area (Å²) in [6, 6.07) is 6.26. The van der Waals surface area contributed by atoms with Gasteiger partial charge in [-0.25, -0.2) is 0 Å². The van der Waals surface area contributed by atoms with E-state index < -0.39 is 0 Å². The zero-order valence-electron chi connectivity index (χ0n) is 12.2. The molecule has 0 aliphatic heterocycles. The van der Waals surface area contributed by atoms with Gasteiger partial charge in [-0.1, -0.05) is 22.9 Å². The molecular formula is C15H24BrNO3. The van der Waals surface area contributed by atoms with Gasteiger partial charge in [0.05, 0.1) is 19.8 Å². The Balaban J connectivity index is 2.59. The van der Waals surface area contributed by atoms with Gasteiger partial charge in [0.15, 0.2) is 0 Å². The van der Waals surface area contributed by atoms with E-state index in [-0.39, 0.29) is 12.6 Å². The number of hydrogen-bond acceptors (Lipinski definition) is 4. The van der Waals surface area contributed by atoms with E-state index in [0.29, 0.717) is 19.8 Å². The SMILES string of the molecule is CCCNC(C)c1cc(Br)ccc1OCCOCCO. The first-order valence-electron chi connectivity index (χ1n) is 7.03. The third kappa shape index (κ3) is 6.22. The molecule has 5 heteroatoms. The summed E-state index contributed by atoms with van der Waals surface area (Å²) in [5.41, 5.74) is 1.13. The van der Waals surface area contributed by atoms with Crippen LogP contribution in [-0.4, -0.2) is 38.1 Å². The van der Waals surface area contributed by atoms with Crippen LogP contribution in [0.2, 0.25) is 0 Å². The van der Waals surface area contributed by atoms with Crippen LogP contribution >= 0.6 is 15.9 Å². The Hall–Kier alpha value is -0.620. The van der Waals surface area contributed by atoms with Crippen molar-refractivity contribution >= 4 is 15.9 Å². The molecule has 0 fully saturated rings. The molecule has 1 unspecified atom stereocenters. The summed E-state index contributed by atoms with van der Waals surface area (Å²) in [5, 5.41) is 12.1. The second kappa shape index (κ2) is 10.2. The van der Waals surface area contributed by atoms with Crippen molar-refractivity contribution in [3.63, 3.8) is 0 Å². The van der Waals surface area contributed by atoms with Crippen LogP contribution in [0.4, 0.5) is 0 Å². The number of aliphatic hydroxyl groups is 1. The number of halogens is 1. The lowest BCUT2D eigenvalue weighted by atomic mass is 10.1. The highest BCUT2D eigenvalue weighted by atomic mass is 79.9. The molecule has 0 bridgehead atoms. The maximum Gasteiger partial charge on any atom is 0.124 e. The molecule has 0 radical (unpaired) electrons. The van der Waals surface area contributed by atoms with E-state index in [1.165, 1.54) is 0 Å². The second-order valence-electron chi connectivity index (χ2n) is 4.54. The first-order valence-corrected chi connectivity index (χ1v) is 7.82. The average Bonchev–Trinajstić information content (AvgIpc) is 2.45. The van der Waals surface area contributed by atoms with E-state index in [0.717, 1.165) is 28.8 Å². The maximum atomic E-state index is 8.63. The van der Waals surface area contributed by atoms with E-state index in [1.807, 2.05) is 12.1 Å². The zero-order chi connectivity index (χ0) is 14.8. The van der Waals surface area contributed by atoms with Crippen molar-refractivity contribution in [2.24, 2.45) is 0 Å². The molecule has 0 amide bonds. The number of ether oxygens (including phenoxy) is 2. The summed E-state index contributed by atoms with van der Waals surface area (Å²) in [5.74, 6) is 0.872. The Morgan fingerprint density at radius 1 is 1.30 bits per heavy atom. The van der Waals surface area contributed by atoms with Crippen molar-refractivity contribution in [1.82, 2.24) is 5.32 Å². The molecule has 0 aliphatic rings. The van der Waals surface area contributed by atoms with Gasteiger partial charge in [-0.15, -0.1) is 0 Å². The third-order valence-corrected chi connectivity index (χ3v) is 3.35. The van der Waals surface area contributed by atoms with Crippen molar-refractivity contribution in [1.29, 1.82) is 0 Å². The summed E-state index contributed by atoms with van der Waals surface area (Å²) in [6.07, 6.45) is 1.10. The summed E-state index contributed by atoms with van der Waals surface area (Å²) in [7, 11) is 0. The molecule has 0 heterocycles. The maximum absolute atomic E-state index is 8.63. The van der Waals surface area contributed by atoms with Gasteiger partial charge in [0, 0.05) is 16.1 Å². The van der Waals surface area contributed by atoms with Gasteiger partial charge >= 0.3 is 0 Å². The molecule has 1 aromatic rings. The van der Waals surface area contributed by atoms with E-state index in [4.69, 9.17) is 14.6 Å². The van der Waals surface area contributed by atoms with Crippen molar-refractivity contribution in [2.75, 3.05) is 33.0 Å². The topological polar surface area (TPSA) is 50.7 Å². The van der Waals surface area contributed by atoms with Crippen LogP contribution in [0.3, 0.4) is 0 Å². The van der Waals surface area contributed by atoms with Gasteiger partial charge in [-0.05, 0) is 38.1 Å². The molecule has 1 rings (SSSR count). The second-order valence-corrected chi connectivity index (χ2v) is 5.46. The lowest BCUT2D eigenvalue weighted by Gasteiger charge is -2.18. The highest BCUT2D eigenvalue weighted by molar-refractivity contribution is 9.10. The molecule has 0 spiro atoms. The normalized spacial score (nSPS) is 12.4. The standard InChI is InChI=1S/C15H24BrNO3/c1-3-6-17-12(2)14-11-13(16)4-5-15(14)20-10-9-19-8-7-18/h4-5,11-12,17-18H,3,6-10H2,1-2H3. The van der Waals surface area contributed by atoms with Crippen LogP contribution in [0.15, 0.2) is 22.7 Å². The van der Waals surface area contributed by atoms with Gasteiger partial charge in [0.1, 0.15) is 12.4 Å². The molecule has 0 saturated carbocycles. The van der Waals surface area contributed by atoms with Gasteiger partial charge < -0.3 is 19.9 Å². The fourth-order valence-electron chi connectivity index (χ4n) is 1.84. The predicted molar refractivity (Wildman–Crippen MR) is 84.3 cm³/mol. The summed E-state index contributed by atoms with van der Waals surface area (Å²) < 4.78 is 12.0. The van der Waals surface area contributed by atoms with Crippen LogP contribution < -0.4 is 10.1 Å². The molecule has 0 aliphatic carbocycles. The molecule has 1 atom stereocenters. The predicted octanol–water partition coefficient (Wildman–Crippen LogP) is 2.90. The first-order chi connectivity index (χ1) is 9.69. The van der Waals surface area contributed by atoms with Crippen molar-refractivity contribution < 1.29 is 14.6 Å². The highest BCUT2D eigenvalue weighted by Gasteiger charge is 2.11. The van der Waals surface area contributed by atoms with Crippen LogP contribution in [0.5, 0.6) is 5.75 Å². The number of rotatable bonds is 10. The Morgan fingerprint density at radius 2 is 2.10 bits per heavy atom. The Bertz CT molecular complexity index is 387. The third-order valence-electron chi connectivity index (χ3n) is 2.86. The summed E-state index contributed by atoms with van der Waals surface area (Å²) >= 11 is 3.50. The number of hydrogen-bond donors (Lipinski definition) is 2. The lowest BCUT2D eigenvalue weighted by molar-refractivity contribution is 0.0702. The molecule has 0 aromatic heterocycles. The lowest BCUT2D eigenvalue weighted by Crippen LogP contribution is -2.20. The highest BCUT2D eigenvalue weighted by Crippen LogP contribution is 2.28. The number of benzene rings is 1. The molecule has 1 aromatic carbocycles. The molecule has 114 valence electrons. The minimum Gasteiger partial charge on any atom is -0.491 e. The first kappa shape index (κ1) is 17.4. The van der Waals surface area contributed by atoms with Crippen LogP contribution in [0.1, 0.15) is 31.9 Å². The van der Waals surface area contributed by atoms with E-state index in [2.05, 4.69) is 41.2 Å². The van der Waals surface area contributed by atoms with Gasteiger partial charge in [-0.2, -0.15) is 0 Å². The number of nitrogens with one attached hydrogen (secondary N) is 1.